The topological polar surface area (TPSA) is 60.2 Å². The number of benzene rings is 2. The monoisotopic (exact) mass is 265 g/mol. The van der Waals surface area contributed by atoms with Crippen molar-refractivity contribution in [2.24, 2.45) is 0 Å². The molecule has 0 radical (unpaired) electrons. The molecule has 0 amide bonds. The number of hydrogen-bond donors (Lipinski definition) is 1. The summed E-state index contributed by atoms with van der Waals surface area (Å²) in [7, 11) is -3.52. The summed E-state index contributed by atoms with van der Waals surface area (Å²) >= 11 is 0. The van der Waals surface area contributed by atoms with E-state index in [2.05, 4.69) is 0 Å². The molecule has 0 heterocycles. The molecule has 0 saturated heterocycles. The van der Waals surface area contributed by atoms with Crippen LogP contribution in [0.15, 0.2) is 47.4 Å². The summed E-state index contributed by atoms with van der Waals surface area (Å²) in [5.74, 6) is -0.479. The third kappa shape index (κ3) is 2.22. The zero-order valence-electron chi connectivity index (χ0n) is 9.72. The van der Waals surface area contributed by atoms with E-state index in [0.717, 1.165) is 6.26 Å². The zero-order valence-corrected chi connectivity index (χ0v) is 10.5. The van der Waals surface area contributed by atoms with Gasteiger partial charge >= 0.3 is 0 Å². The molecule has 5 heteroatoms. The summed E-state index contributed by atoms with van der Waals surface area (Å²) in [5.41, 5.74) is 6.33. The van der Waals surface area contributed by atoms with E-state index in [-0.39, 0.29) is 21.7 Å². The van der Waals surface area contributed by atoms with Gasteiger partial charge in [0.1, 0.15) is 5.82 Å². The molecule has 94 valence electrons. The van der Waals surface area contributed by atoms with Crippen LogP contribution in [0.3, 0.4) is 0 Å². The van der Waals surface area contributed by atoms with Crippen LogP contribution in [0.4, 0.5) is 10.1 Å². The Morgan fingerprint density at radius 1 is 1.00 bits per heavy atom. The van der Waals surface area contributed by atoms with E-state index in [9.17, 15) is 12.8 Å². The Morgan fingerprint density at radius 2 is 1.61 bits per heavy atom. The summed E-state index contributed by atoms with van der Waals surface area (Å²) < 4.78 is 37.3. The lowest BCUT2D eigenvalue weighted by molar-refractivity contribution is 0.602. The fourth-order valence-electron chi connectivity index (χ4n) is 1.86. The average molecular weight is 265 g/mol. The molecule has 0 bridgehead atoms. The van der Waals surface area contributed by atoms with Crippen molar-refractivity contribution in [3.8, 4) is 11.1 Å². The van der Waals surface area contributed by atoms with Crippen LogP contribution in [0.25, 0.3) is 11.1 Å². The molecule has 0 unspecified atom stereocenters. The highest BCUT2D eigenvalue weighted by Crippen LogP contribution is 2.32. The quantitative estimate of drug-likeness (QED) is 0.849. The van der Waals surface area contributed by atoms with Gasteiger partial charge in [-0.25, -0.2) is 12.8 Å². The predicted molar refractivity (Wildman–Crippen MR) is 69.4 cm³/mol. The molecule has 2 N–H and O–H groups in total. The lowest BCUT2D eigenvalue weighted by Gasteiger charge is -2.11. The number of rotatable bonds is 2. The van der Waals surface area contributed by atoms with Crippen molar-refractivity contribution in [2.75, 3.05) is 12.0 Å². The first kappa shape index (κ1) is 12.6. The number of hydrogen-bond acceptors (Lipinski definition) is 3. The third-order valence-corrected chi connectivity index (χ3v) is 3.78. The lowest BCUT2D eigenvalue weighted by atomic mass is 10.0. The van der Waals surface area contributed by atoms with Crippen molar-refractivity contribution < 1.29 is 12.8 Å². The SMILES string of the molecule is CS(=O)(=O)c1c(N)cccc1-c1ccccc1F. The first-order chi connectivity index (χ1) is 8.41. The Labute approximate surface area is 105 Å². The van der Waals surface area contributed by atoms with Gasteiger partial charge in [-0.1, -0.05) is 30.3 Å². The van der Waals surface area contributed by atoms with Crippen LogP contribution in [0, 0.1) is 5.82 Å². The molecule has 0 aromatic heterocycles. The minimum absolute atomic E-state index is 0.0323. The fourth-order valence-corrected chi connectivity index (χ4v) is 2.93. The molecule has 0 spiro atoms. The largest absolute Gasteiger partial charge is 0.398 e. The van der Waals surface area contributed by atoms with Crippen LogP contribution in [0.1, 0.15) is 0 Å². The van der Waals surface area contributed by atoms with Crippen molar-refractivity contribution >= 4 is 15.5 Å². The first-order valence-corrected chi connectivity index (χ1v) is 7.14. The first-order valence-electron chi connectivity index (χ1n) is 5.24. The smallest absolute Gasteiger partial charge is 0.178 e. The number of nitrogen functional groups attached to an aromatic ring is 1. The molecule has 0 aliphatic heterocycles. The molecule has 0 aliphatic rings. The van der Waals surface area contributed by atoms with Crippen LogP contribution in [-0.4, -0.2) is 14.7 Å². The average Bonchev–Trinajstić information content (AvgIpc) is 2.27. The second kappa shape index (κ2) is 4.42. The maximum absolute atomic E-state index is 13.7. The van der Waals surface area contributed by atoms with Gasteiger partial charge in [-0.05, 0) is 12.1 Å². The Hall–Kier alpha value is -1.88. The van der Waals surface area contributed by atoms with E-state index in [1.165, 1.54) is 18.2 Å². The van der Waals surface area contributed by atoms with Crippen molar-refractivity contribution in [1.82, 2.24) is 0 Å². The van der Waals surface area contributed by atoms with Crippen molar-refractivity contribution in [3.05, 3.63) is 48.3 Å². The van der Waals surface area contributed by atoms with Crippen molar-refractivity contribution in [2.45, 2.75) is 4.90 Å². The van der Waals surface area contributed by atoms with Gasteiger partial charge < -0.3 is 5.73 Å². The van der Waals surface area contributed by atoms with Gasteiger partial charge in [0.05, 0.1) is 10.6 Å². The van der Waals surface area contributed by atoms with E-state index >= 15 is 0 Å². The Balaban J connectivity index is 2.82. The second-order valence-corrected chi connectivity index (χ2v) is 5.93. The summed E-state index contributed by atoms with van der Waals surface area (Å²) in [5, 5.41) is 0. The normalized spacial score (nSPS) is 11.4. The molecule has 2 rings (SSSR count). The molecule has 0 saturated carbocycles. The number of anilines is 1. The summed E-state index contributed by atoms with van der Waals surface area (Å²) in [6.07, 6.45) is 1.06. The second-order valence-electron chi connectivity index (χ2n) is 3.98. The lowest BCUT2D eigenvalue weighted by Crippen LogP contribution is -2.05. The highest BCUT2D eigenvalue weighted by atomic mass is 32.2. The molecular formula is C13H12FNO2S. The van der Waals surface area contributed by atoms with Gasteiger partial charge in [0, 0.05) is 17.4 Å². The maximum atomic E-state index is 13.7. The Bertz CT molecular complexity index is 696. The van der Waals surface area contributed by atoms with E-state index < -0.39 is 15.7 Å². The highest BCUT2D eigenvalue weighted by Gasteiger charge is 2.19. The van der Waals surface area contributed by atoms with Crippen LogP contribution < -0.4 is 5.73 Å². The summed E-state index contributed by atoms with van der Waals surface area (Å²) in [4.78, 5) is -0.0323. The fraction of sp³-hybridized carbons (Fsp3) is 0.0769. The van der Waals surface area contributed by atoms with Crippen molar-refractivity contribution in [1.29, 1.82) is 0 Å². The van der Waals surface area contributed by atoms with E-state index in [0.29, 0.717) is 0 Å². The molecule has 2 aromatic carbocycles. The van der Waals surface area contributed by atoms with E-state index in [1.54, 1.807) is 24.3 Å². The van der Waals surface area contributed by atoms with Gasteiger partial charge in [-0.15, -0.1) is 0 Å². The highest BCUT2D eigenvalue weighted by molar-refractivity contribution is 7.91. The number of sulfone groups is 1. The molecule has 0 atom stereocenters. The van der Waals surface area contributed by atoms with E-state index in [4.69, 9.17) is 5.73 Å². The third-order valence-electron chi connectivity index (χ3n) is 2.58. The van der Waals surface area contributed by atoms with Crippen molar-refractivity contribution in [3.63, 3.8) is 0 Å². The van der Waals surface area contributed by atoms with Gasteiger partial charge in [0.25, 0.3) is 0 Å². The summed E-state index contributed by atoms with van der Waals surface area (Å²) in [6, 6.07) is 10.6. The van der Waals surface area contributed by atoms with Crippen LogP contribution in [0.5, 0.6) is 0 Å². The molecule has 18 heavy (non-hydrogen) atoms. The number of nitrogens with two attached hydrogens (primary N) is 1. The van der Waals surface area contributed by atoms with Gasteiger partial charge in [0.15, 0.2) is 9.84 Å². The van der Waals surface area contributed by atoms with Gasteiger partial charge in [-0.3, -0.25) is 0 Å². The van der Waals surface area contributed by atoms with Crippen LogP contribution in [0.2, 0.25) is 0 Å². The molecule has 3 nitrogen and oxygen atoms in total. The van der Waals surface area contributed by atoms with E-state index in [1.807, 2.05) is 0 Å². The van der Waals surface area contributed by atoms with Crippen LogP contribution in [-0.2, 0) is 9.84 Å². The molecule has 0 fully saturated rings. The van der Waals surface area contributed by atoms with Gasteiger partial charge in [0.2, 0.25) is 0 Å². The predicted octanol–water partition coefficient (Wildman–Crippen LogP) is 2.48. The molecular weight excluding hydrogens is 253 g/mol. The maximum Gasteiger partial charge on any atom is 0.178 e. The minimum atomic E-state index is -3.52. The Morgan fingerprint density at radius 3 is 2.22 bits per heavy atom. The summed E-state index contributed by atoms with van der Waals surface area (Å²) in [6.45, 7) is 0. The standard InChI is InChI=1S/C13H12FNO2S/c1-18(16,17)13-10(6-4-8-12(13)15)9-5-2-3-7-11(9)14/h2-8H,15H2,1H3. The molecule has 0 aliphatic carbocycles. The molecule has 2 aromatic rings. The number of halogens is 1. The Kier molecular flexibility index (Phi) is 3.09. The van der Waals surface area contributed by atoms with Crippen LogP contribution >= 0.6 is 0 Å². The minimum Gasteiger partial charge on any atom is -0.398 e. The zero-order chi connectivity index (χ0) is 13.3. The van der Waals surface area contributed by atoms with Gasteiger partial charge in [-0.2, -0.15) is 0 Å².